The van der Waals surface area contributed by atoms with Crippen LogP contribution in [0.5, 0.6) is 11.5 Å². The minimum absolute atomic E-state index is 0.0250. The molecule has 1 saturated heterocycles. The largest absolute Gasteiger partial charge is 0.493 e. The highest BCUT2D eigenvalue weighted by molar-refractivity contribution is 7.89. The van der Waals surface area contributed by atoms with Crippen molar-refractivity contribution in [3.8, 4) is 11.5 Å². The van der Waals surface area contributed by atoms with Crippen LogP contribution in [0, 0.1) is 0 Å². The first kappa shape index (κ1) is 14.9. The van der Waals surface area contributed by atoms with Crippen LogP contribution in [0.25, 0.3) is 0 Å². The number of sulfonamides is 1. The van der Waals surface area contributed by atoms with E-state index in [1.54, 1.807) is 0 Å². The summed E-state index contributed by atoms with van der Waals surface area (Å²) < 4.78 is 41.9. The third-order valence-corrected chi connectivity index (χ3v) is 5.06. The molecule has 0 aromatic heterocycles. The average Bonchev–Trinajstić information content (AvgIpc) is 2.47. The normalized spacial score (nSPS) is 16.9. The van der Waals surface area contributed by atoms with Gasteiger partial charge in [-0.05, 0) is 0 Å². The lowest BCUT2D eigenvalue weighted by molar-refractivity contribution is 0.0730. The van der Waals surface area contributed by atoms with Crippen molar-refractivity contribution < 1.29 is 22.6 Å². The van der Waals surface area contributed by atoms with Gasteiger partial charge in [0, 0.05) is 25.2 Å². The van der Waals surface area contributed by atoms with E-state index in [2.05, 4.69) is 0 Å². The zero-order valence-corrected chi connectivity index (χ0v) is 12.3. The summed E-state index contributed by atoms with van der Waals surface area (Å²) in [4.78, 5) is 0.0250. The Balaban J connectivity index is 2.45. The number of nitrogens with zero attached hydrogens (tertiary/aromatic N) is 1. The lowest BCUT2D eigenvalue weighted by Gasteiger charge is -2.26. The number of ether oxygens (including phenoxy) is 3. The fourth-order valence-electron chi connectivity index (χ4n) is 2.03. The molecule has 2 N–H and O–H groups in total. The molecular formula is C12H18N2O5S. The molecule has 0 unspecified atom stereocenters. The van der Waals surface area contributed by atoms with Gasteiger partial charge in [0.25, 0.3) is 0 Å². The summed E-state index contributed by atoms with van der Waals surface area (Å²) in [5, 5.41) is 0. The van der Waals surface area contributed by atoms with Crippen LogP contribution in [-0.4, -0.2) is 53.2 Å². The van der Waals surface area contributed by atoms with E-state index >= 15 is 0 Å². The Labute approximate surface area is 118 Å². The molecule has 0 atom stereocenters. The van der Waals surface area contributed by atoms with Crippen molar-refractivity contribution in [2.45, 2.75) is 4.90 Å². The standard InChI is InChI=1S/C12H18N2O5S/c1-17-10-7-9(13)12(8-11(10)18-2)20(15,16)14-3-5-19-6-4-14/h7-8H,3-6,13H2,1-2H3. The van der Waals surface area contributed by atoms with Crippen molar-refractivity contribution in [2.24, 2.45) is 0 Å². The monoisotopic (exact) mass is 302 g/mol. The maximum absolute atomic E-state index is 12.6. The van der Waals surface area contributed by atoms with Gasteiger partial charge in [0.2, 0.25) is 10.0 Å². The summed E-state index contributed by atoms with van der Waals surface area (Å²) in [7, 11) is -0.748. The predicted octanol–water partition coefficient (Wildman–Crippen LogP) is 0.307. The average molecular weight is 302 g/mol. The highest BCUT2D eigenvalue weighted by Crippen LogP contribution is 2.35. The second-order valence-electron chi connectivity index (χ2n) is 4.26. The highest BCUT2D eigenvalue weighted by Gasteiger charge is 2.29. The molecule has 0 saturated carbocycles. The first-order chi connectivity index (χ1) is 9.50. The fourth-order valence-corrected chi connectivity index (χ4v) is 3.55. The number of morpholine rings is 1. The smallest absolute Gasteiger partial charge is 0.245 e. The van der Waals surface area contributed by atoms with Crippen LogP contribution >= 0.6 is 0 Å². The van der Waals surface area contributed by atoms with Crippen LogP contribution in [-0.2, 0) is 14.8 Å². The van der Waals surface area contributed by atoms with Crippen molar-refractivity contribution in [3.05, 3.63) is 12.1 Å². The Morgan fingerprint density at radius 1 is 1.15 bits per heavy atom. The number of rotatable bonds is 4. The van der Waals surface area contributed by atoms with Crippen LogP contribution in [0.15, 0.2) is 17.0 Å². The molecule has 1 aliphatic rings. The van der Waals surface area contributed by atoms with Gasteiger partial charge in [0.05, 0.1) is 33.1 Å². The molecule has 112 valence electrons. The van der Waals surface area contributed by atoms with Gasteiger partial charge in [-0.1, -0.05) is 0 Å². The van der Waals surface area contributed by atoms with Gasteiger partial charge in [-0.25, -0.2) is 8.42 Å². The van der Waals surface area contributed by atoms with E-state index in [1.807, 2.05) is 0 Å². The minimum atomic E-state index is -3.66. The Kier molecular flexibility index (Phi) is 4.36. The quantitative estimate of drug-likeness (QED) is 0.805. The molecule has 1 aromatic rings. The third-order valence-electron chi connectivity index (χ3n) is 3.10. The zero-order chi connectivity index (χ0) is 14.8. The fraction of sp³-hybridized carbons (Fsp3) is 0.500. The number of hydrogen-bond acceptors (Lipinski definition) is 6. The van der Waals surface area contributed by atoms with E-state index in [4.69, 9.17) is 19.9 Å². The summed E-state index contributed by atoms with van der Waals surface area (Å²) in [6, 6.07) is 2.84. The summed E-state index contributed by atoms with van der Waals surface area (Å²) in [5.74, 6) is 0.722. The van der Waals surface area contributed by atoms with Crippen molar-refractivity contribution in [1.82, 2.24) is 4.31 Å². The second kappa shape index (κ2) is 5.86. The van der Waals surface area contributed by atoms with Crippen molar-refractivity contribution in [3.63, 3.8) is 0 Å². The third kappa shape index (κ3) is 2.67. The molecule has 8 heteroatoms. The van der Waals surface area contributed by atoms with Crippen LogP contribution in [0.1, 0.15) is 0 Å². The van der Waals surface area contributed by atoms with Gasteiger partial charge < -0.3 is 19.9 Å². The molecule has 2 rings (SSSR count). The molecule has 20 heavy (non-hydrogen) atoms. The maximum Gasteiger partial charge on any atom is 0.245 e. The molecule has 1 aromatic carbocycles. The first-order valence-corrected chi connectivity index (χ1v) is 7.54. The number of methoxy groups -OCH3 is 2. The van der Waals surface area contributed by atoms with Crippen molar-refractivity contribution in [2.75, 3.05) is 46.3 Å². The van der Waals surface area contributed by atoms with Crippen LogP contribution in [0.3, 0.4) is 0 Å². The van der Waals surface area contributed by atoms with E-state index in [1.165, 1.54) is 30.7 Å². The first-order valence-electron chi connectivity index (χ1n) is 6.10. The van der Waals surface area contributed by atoms with E-state index in [9.17, 15) is 8.42 Å². The molecule has 0 aliphatic carbocycles. The van der Waals surface area contributed by atoms with Gasteiger partial charge in [-0.2, -0.15) is 4.31 Å². The summed E-state index contributed by atoms with van der Waals surface area (Å²) in [6.45, 7) is 1.39. The molecule has 0 spiro atoms. The van der Waals surface area contributed by atoms with Gasteiger partial charge in [0.15, 0.2) is 11.5 Å². The Morgan fingerprint density at radius 2 is 1.70 bits per heavy atom. The molecule has 0 amide bonds. The van der Waals surface area contributed by atoms with Gasteiger partial charge in [-0.3, -0.25) is 0 Å². The lowest BCUT2D eigenvalue weighted by Crippen LogP contribution is -2.40. The molecular weight excluding hydrogens is 284 g/mol. The van der Waals surface area contributed by atoms with Gasteiger partial charge in [0.1, 0.15) is 4.90 Å². The summed E-state index contributed by atoms with van der Waals surface area (Å²) in [5.41, 5.74) is 5.97. The van der Waals surface area contributed by atoms with E-state index in [0.29, 0.717) is 37.8 Å². The number of hydrogen-bond donors (Lipinski definition) is 1. The van der Waals surface area contributed by atoms with Crippen LogP contribution in [0.4, 0.5) is 5.69 Å². The summed E-state index contributed by atoms with van der Waals surface area (Å²) >= 11 is 0. The molecule has 7 nitrogen and oxygen atoms in total. The number of nitrogens with two attached hydrogens (primary N) is 1. The molecule has 0 bridgehead atoms. The summed E-state index contributed by atoms with van der Waals surface area (Å²) in [6.07, 6.45) is 0. The van der Waals surface area contributed by atoms with Gasteiger partial charge >= 0.3 is 0 Å². The Morgan fingerprint density at radius 3 is 2.25 bits per heavy atom. The minimum Gasteiger partial charge on any atom is -0.493 e. The molecule has 1 heterocycles. The maximum atomic E-state index is 12.6. The van der Waals surface area contributed by atoms with E-state index < -0.39 is 10.0 Å². The number of nitrogen functional groups attached to an aromatic ring is 1. The molecule has 0 radical (unpaired) electrons. The van der Waals surface area contributed by atoms with Crippen LogP contribution in [0.2, 0.25) is 0 Å². The van der Waals surface area contributed by atoms with Crippen molar-refractivity contribution in [1.29, 1.82) is 0 Å². The van der Waals surface area contributed by atoms with Crippen molar-refractivity contribution >= 4 is 15.7 Å². The highest BCUT2D eigenvalue weighted by atomic mass is 32.2. The molecule has 1 aliphatic heterocycles. The molecule has 1 fully saturated rings. The lowest BCUT2D eigenvalue weighted by atomic mass is 10.3. The Bertz CT molecular complexity index is 582. The van der Waals surface area contributed by atoms with E-state index in [0.717, 1.165) is 0 Å². The zero-order valence-electron chi connectivity index (χ0n) is 11.5. The van der Waals surface area contributed by atoms with Gasteiger partial charge in [-0.15, -0.1) is 0 Å². The predicted molar refractivity (Wildman–Crippen MR) is 73.5 cm³/mol. The SMILES string of the molecule is COc1cc(N)c(S(=O)(=O)N2CCOCC2)cc1OC. The number of benzene rings is 1. The number of anilines is 1. The topological polar surface area (TPSA) is 91.1 Å². The van der Waals surface area contributed by atoms with Crippen LogP contribution < -0.4 is 15.2 Å². The Hall–Kier alpha value is -1.51. The van der Waals surface area contributed by atoms with E-state index in [-0.39, 0.29) is 10.6 Å². The second-order valence-corrected chi connectivity index (χ2v) is 6.17.